The van der Waals surface area contributed by atoms with Gasteiger partial charge in [-0.25, -0.2) is 0 Å². The molecular formula is C22H28O2S. The lowest BCUT2D eigenvalue weighted by Crippen LogP contribution is -2.11. The lowest BCUT2D eigenvalue weighted by Gasteiger charge is -2.09. The van der Waals surface area contributed by atoms with Gasteiger partial charge in [-0.1, -0.05) is 86.5 Å². The van der Waals surface area contributed by atoms with Crippen molar-refractivity contribution in [2.45, 2.75) is 32.3 Å². The molecule has 0 heterocycles. The molecule has 1 unspecified atom stereocenters. The predicted octanol–water partition coefficient (Wildman–Crippen LogP) is 5.70. The van der Waals surface area contributed by atoms with Gasteiger partial charge in [-0.15, -0.1) is 6.58 Å². The minimum Gasteiger partial charge on any atom is -0.380 e. The molecule has 2 nitrogen and oxygen atoms in total. The molecule has 1 N–H and O–H groups in total. The largest absolute Gasteiger partial charge is 0.380 e. The molecule has 2 rings (SSSR count). The Morgan fingerprint density at radius 3 is 2.24 bits per heavy atom. The second-order valence-corrected chi connectivity index (χ2v) is 6.76. The van der Waals surface area contributed by atoms with Crippen LogP contribution in [0.2, 0.25) is 0 Å². The van der Waals surface area contributed by atoms with E-state index in [1.165, 1.54) is 25.0 Å². The third kappa shape index (κ3) is 8.71. The van der Waals surface area contributed by atoms with Crippen molar-refractivity contribution in [3.63, 3.8) is 0 Å². The van der Waals surface area contributed by atoms with Gasteiger partial charge in [0.15, 0.2) is 5.78 Å². The number of aliphatic hydroxyl groups is 1. The minimum atomic E-state index is -1.08. The van der Waals surface area contributed by atoms with Gasteiger partial charge in [0.1, 0.15) is 6.10 Å². The van der Waals surface area contributed by atoms with E-state index in [2.05, 4.69) is 13.5 Å². The zero-order valence-corrected chi connectivity index (χ0v) is 15.8. The fraction of sp³-hybridized carbons (Fsp3) is 0.318. The number of unbranched alkanes of at least 4 members (excludes halogenated alkanes) is 2. The zero-order valence-electron chi connectivity index (χ0n) is 14.9. The Morgan fingerprint density at radius 1 is 1.08 bits per heavy atom. The maximum absolute atomic E-state index is 11.9. The summed E-state index contributed by atoms with van der Waals surface area (Å²) in [6.45, 7) is 5.89. The van der Waals surface area contributed by atoms with Gasteiger partial charge in [-0.2, -0.15) is 11.8 Å². The first-order chi connectivity index (χ1) is 12.2. The van der Waals surface area contributed by atoms with Crippen LogP contribution in [0.3, 0.4) is 0 Å². The first-order valence-corrected chi connectivity index (χ1v) is 9.87. The Labute approximate surface area is 156 Å². The van der Waals surface area contributed by atoms with Crippen LogP contribution in [-0.4, -0.2) is 22.4 Å². The predicted molar refractivity (Wildman–Crippen MR) is 109 cm³/mol. The van der Waals surface area contributed by atoms with E-state index in [9.17, 15) is 9.90 Å². The molecule has 0 aliphatic carbocycles. The smallest absolute Gasteiger partial charge is 0.195 e. The van der Waals surface area contributed by atoms with Gasteiger partial charge < -0.3 is 5.11 Å². The number of carbonyl (C=O) groups is 1. The molecule has 1 atom stereocenters. The highest BCUT2D eigenvalue weighted by Crippen LogP contribution is 2.17. The lowest BCUT2D eigenvalue weighted by atomic mass is 10.0. The van der Waals surface area contributed by atoms with Crippen LogP contribution in [0.1, 0.15) is 48.2 Å². The summed E-state index contributed by atoms with van der Waals surface area (Å²) < 4.78 is 0. The van der Waals surface area contributed by atoms with Gasteiger partial charge in [-0.05, 0) is 17.7 Å². The van der Waals surface area contributed by atoms with E-state index in [4.69, 9.17) is 0 Å². The van der Waals surface area contributed by atoms with Crippen LogP contribution >= 0.6 is 11.8 Å². The highest BCUT2D eigenvalue weighted by Gasteiger charge is 2.18. The maximum Gasteiger partial charge on any atom is 0.195 e. The van der Waals surface area contributed by atoms with E-state index in [-0.39, 0.29) is 5.78 Å². The number of thioether (sulfide) groups is 1. The number of hydrogen-bond acceptors (Lipinski definition) is 3. The minimum absolute atomic E-state index is 0.271. The van der Waals surface area contributed by atoms with E-state index in [1.54, 1.807) is 48.5 Å². The molecule has 3 heteroatoms. The van der Waals surface area contributed by atoms with Gasteiger partial charge in [0.25, 0.3) is 0 Å². The summed E-state index contributed by atoms with van der Waals surface area (Å²) in [5.41, 5.74) is 1.15. The molecule has 0 aliphatic heterocycles. The van der Waals surface area contributed by atoms with Crippen molar-refractivity contribution >= 4 is 17.5 Å². The molecule has 0 saturated carbocycles. The van der Waals surface area contributed by atoms with Crippen LogP contribution in [0, 0.1) is 0 Å². The monoisotopic (exact) mass is 356 g/mol. The first-order valence-electron chi connectivity index (χ1n) is 8.71. The third-order valence-electron chi connectivity index (χ3n) is 3.55. The number of hydrogen-bond donors (Lipinski definition) is 1. The Hall–Kier alpha value is -1.84. The molecule has 0 aliphatic rings. The fourth-order valence-electron chi connectivity index (χ4n) is 2.17. The molecule has 0 radical (unpaired) electrons. The lowest BCUT2D eigenvalue weighted by molar-refractivity contribution is 0.0747. The molecular weight excluding hydrogens is 328 g/mol. The quantitative estimate of drug-likeness (QED) is 0.356. The van der Waals surface area contributed by atoms with Gasteiger partial charge in [0.05, 0.1) is 0 Å². The molecule has 0 fully saturated rings. The number of carbonyl (C=O) groups excluding carboxylic acids is 1. The van der Waals surface area contributed by atoms with E-state index in [0.717, 1.165) is 5.75 Å². The van der Waals surface area contributed by atoms with Gasteiger partial charge >= 0.3 is 0 Å². The Balaban J connectivity index is 0.000000299. The van der Waals surface area contributed by atoms with Crippen molar-refractivity contribution in [3.8, 4) is 0 Å². The van der Waals surface area contributed by atoms with Gasteiger partial charge in [0.2, 0.25) is 0 Å². The molecule has 2 aromatic rings. The summed E-state index contributed by atoms with van der Waals surface area (Å²) in [5, 5.41) is 9.89. The molecule has 0 aromatic heterocycles. The van der Waals surface area contributed by atoms with Crippen molar-refractivity contribution in [2.75, 3.05) is 11.5 Å². The van der Waals surface area contributed by atoms with Crippen LogP contribution in [0.15, 0.2) is 73.3 Å². The molecule has 0 amide bonds. The average molecular weight is 357 g/mol. The number of aliphatic hydroxyl groups excluding tert-OH is 1. The van der Waals surface area contributed by atoms with E-state index >= 15 is 0 Å². The van der Waals surface area contributed by atoms with Crippen molar-refractivity contribution in [1.29, 1.82) is 0 Å². The van der Waals surface area contributed by atoms with E-state index < -0.39 is 6.10 Å². The Kier molecular flexibility index (Phi) is 11.4. The third-order valence-corrected chi connectivity index (χ3v) is 4.60. The first kappa shape index (κ1) is 21.2. The molecule has 134 valence electrons. The van der Waals surface area contributed by atoms with Crippen molar-refractivity contribution in [1.82, 2.24) is 0 Å². The van der Waals surface area contributed by atoms with Crippen LogP contribution < -0.4 is 0 Å². The molecule has 2 aromatic carbocycles. The van der Waals surface area contributed by atoms with Crippen LogP contribution in [0.25, 0.3) is 0 Å². The van der Waals surface area contributed by atoms with Crippen molar-refractivity contribution in [3.05, 3.63) is 84.4 Å². The Morgan fingerprint density at radius 2 is 1.68 bits per heavy atom. The normalized spacial score (nSPS) is 11.1. The molecule has 0 bridgehead atoms. The zero-order chi connectivity index (χ0) is 18.3. The highest BCUT2D eigenvalue weighted by molar-refractivity contribution is 7.99. The highest BCUT2D eigenvalue weighted by atomic mass is 32.2. The van der Waals surface area contributed by atoms with Crippen LogP contribution in [0.5, 0.6) is 0 Å². The van der Waals surface area contributed by atoms with Gasteiger partial charge in [-0.3, -0.25) is 4.79 Å². The maximum atomic E-state index is 11.9. The average Bonchev–Trinajstić information content (AvgIpc) is 2.68. The van der Waals surface area contributed by atoms with Crippen molar-refractivity contribution in [2.24, 2.45) is 0 Å². The summed E-state index contributed by atoms with van der Waals surface area (Å²) in [6.07, 6.45) is 4.97. The molecule has 25 heavy (non-hydrogen) atoms. The van der Waals surface area contributed by atoms with E-state index in [1.807, 2.05) is 30.0 Å². The number of rotatable bonds is 9. The fourth-order valence-corrected chi connectivity index (χ4v) is 2.91. The SMILES string of the molecule is C=CCSCCCCC.O=C(c1ccccc1)C(O)c1ccccc1. The second kappa shape index (κ2) is 13.5. The van der Waals surface area contributed by atoms with Crippen LogP contribution in [0.4, 0.5) is 0 Å². The summed E-state index contributed by atoms with van der Waals surface area (Å²) in [7, 11) is 0. The molecule has 0 saturated heterocycles. The number of Topliss-reactive ketones (excluding diaryl/α,β-unsaturated/α-hetero) is 1. The second-order valence-electron chi connectivity index (χ2n) is 5.61. The number of benzene rings is 2. The summed E-state index contributed by atoms with van der Waals surface area (Å²) in [5.74, 6) is 2.15. The van der Waals surface area contributed by atoms with Gasteiger partial charge in [0, 0.05) is 11.3 Å². The van der Waals surface area contributed by atoms with Crippen LogP contribution in [-0.2, 0) is 0 Å². The summed E-state index contributed by atoms with van der Waals surface area (Å²) in [6, 6.07) is 17.7. The summed E-state index contributed by atoms with van der Waals surface area (Å²) in [4.78, 5) is 11.9. The Bertz CT molecular complexity index is 596. The summed E-state index contributed by atoms with van der Waals surface area (Å²) >= 11 is 1.98. The standard InChI is InChI=1S/C14H12O2.C8H16S/c15-13(11-7-3-1-4-8-11)14(16)12-9-5-2-6-10-12;1-3-5-6-8-9-7-4-2/h1-10,13,15H;4H,2-3,5-8H2,1H3. The molecule has 0 spiro atoms. The topological polar surface area (TPSA) is 37.3 Å². The van der Waals surface area contributed by atoms with Crippen molar-refractivity contribution < 1.29 is 9.90 Å². The number of ketones is 1. The van der Waals surface area contributed by atoms with E-state index in [0.29, 0.717) is 11.1 Å².